The van der Waals surface area contributed by atoms with E-state index in [0.717, 1.165) is 24.3 Å². The first kappa shape index (κ1) is 17.8. The minimum atomic E-state index is -3.47. The Hall–Kier alpha value is -1.97. The van der Waals surface area contributed by atoms with E-state index in [-0.39, 0.29) is 4.90 Å². The summed E-state index contributed by atoms with van der Waals surface area (Å²) >= 11 is 0. The molecule has 0 unspecified atom stereocenters. The number of nitrogens with zero attached hydrogens (tertiary/aromatic N) is 5. The Morgan fingerprint density at radius 3 is 2.40 bits per heavy atom. The van der Waals surface area contributed by atoms with Crippen LogP contribution >= 0.6 is 0 Å². The summed E-state index contributed by atoms with van der Waals surface area (Å²) in [4.78, 5) is 6.61. The van der Waals surface area contributed by atoms with E-state index in [2.05, 4.69) is 20.3 Å². The Morgan fingerprint density at radius 1 is 1.12 bits per heavy atom. The molecule has 8 nitrogen and oxygen atoms in total. The lowest BCUT2D eigenvalue weighted by atomic mass is 10.2. The number of hydrogen-bond donors (Lipinski definition) is 1. The number of aromatic nitrogens is 3. The molecule has 3 heterocycles. The van der Waals surface area contributed by atoms with Crippen LogP contribution < -0.4 is 5.32 Å². The maximum Gasteiger partial charge on any atom is 0.244 e. The van der Waals surface area contributed by atoms with Crippen LogP contribution in [0.3, 0.4) is 0 Å². The Bertz CT molecular complexity index is 823. The van der Waals surface area contributed by atoms with Crippen LogP contribution in [0.15, 0.2) is 29.4 Å². The summed E-state index contributed by atoms with van der Waals surface area (Å²) in [6.07, 6.45) is 3.24. The quantitative estimate of drug-likeness (QED) is 0.840. The average molecular weight is 364 g/mol. The number of hydrogen-bond acceptors (Lipinski definition) is 6. The van der Waals surface area contributed by atoms with Crippen LogP contribution in [0.4, 0.5) is 5.82 Å². The second-order valence-electron chi connectivity index (χ2n) is 6.32. The van der Waals surface area contributed by atoms with Gasteiger partial charge in [0.25, 0.3) is 0 Å². The predicted octanol–water partition coefficient (Wildman–Crippen LogP) is 0.672. The molecule has 1 saturated heterocycles. The van der Waals surface area contributed by atoms with E-state index < -0.39 is 10.0 Å². The van der Waals surface area contributed by atoms with Crippen molar-refractivity contribution in [2.75, 3.05) is 38.5 Å². The highest BCUT2D eigenvalue weighted by Gasteiger charge is 2.27. The van der Waals surface area contributed by atoms with Crippen LogP contribution in [0.1, 0.15) is 11.3 Å². The van der Waals surface area contributed by atoms with Gasteiger partial charge in [-0.25, -0.2) is 13.4 Å². The zero-order valence-electron chi connectivity index (χ0n) is 14.8. The minimum Gasteiger partial charge on any atom is -0.366 e. The lowest BCUT2D eigenvalue weighted by molar-refractivity contribution is 0.222. The maximum absolute atomic E-state index is 12.7. The van der Waals surface area contributed by atoms with Gasteiger partial charge in [-0.3, -0.25) is 4.68 Å². The van der Waals surface area contributed by atoms with Crippen molar-refractivity contribution >= 4 is 15.8 Å². The fourth-order valence-electron chi connectivity index (χ4n) is 2.72. The molecule has 136 valence electrons. The van der Waals surface area contributed by atoms with Crippen molar-refractivity contribution in [2.24, 2.45) is 7.05 Å². The van der Waals surface area contributed by atoms with Gasteiger partial charge in [-0.1, -0.05) is 0 Å². The SMILES string of the molecule is Cc1c(CNc2ccc(S(=O)(=O)N3CCN(C)CC3)cn2)cnn1C. The summed E-state index contributed by atoms with van der Waals surface area (Å²) in [5, 5.41) is 7.40. The molecule has 0 spiro atoms. The first-order valence-corrected chi connectivity index (χ1v) is 9.68. The number of sulfonamides is 1. The third-order valence-electron chi connectivity index (χ3n) is 4.63. The minimum absolute atomic E-state index is 0.236. The largest absolute Gasteiger partial charge is 0.366 e. The Morgan fingerprint density at radius 2 is 1.84 bits per heavy atom. The average Bonchev–Trinajstić information content (AvgIpc) is 2.92. The van der Waals surface area contributed by atoms with Gasteiger partial charge < -0.3 is 10.2 Å². The van der Waals surface area contributed by atoms with Crippen molar-refractivity contribution in [3.05, 3.63) is 35.8 Å². The second kappa shape index (κ2) is 7.11. The van der Waals surface area contributed by atoms with Crippen LogP contribution in [0.2, 0.25) is 0 Å². The third-order valence-corrected chi connectivity index (χ3v) is 6.52. The Kier molecular flexibility index (Phi) is 5.07. The van der Waals surface area contributed by atoms with E-state index in [9.17, 15) is 8.42 Å². The van der Waals surface area contributed by atoms with E-state index in [1.165, 1.54) is 10.5 Å². The highest BCUT2D eigenvalue weighted by Crippen LogP contribution is 2.18. The highest BCUT2D eigenvalue weighted by atomic mass is 32.2. The van der Waals surface area contributed by atoms with Gasteiger partial charge in [0.2, 0.25) is 10.0 Å². The van der Waals surface area contributed by atoms with Crippen LogP contribution in [0.5, 0.6) is 0 Å². The fourth-order valence-corrected chi connectivity index (χ4v) is 4.09. The third kappa shape index (κ3) is 3.83. The number of piperazine rings is 1. The van der Waals surface area contributed by atoms with Crippen LogP contribution in [-0.4, -0.2) is 65.6 Å². The Labute approximate surface area is 148 Å². The molecule has 2 aromatic rings. The molecule has 0 amide bonds. The van der Waals surface area contributed by atoms with Gasteiger partial charge >= 0.3 is 0 Å². The molecule has 0 saturated carbocycles. The van der Waals surface area contributed by atoms with E-state index in [4.69, 9.17) is 0 Å². The number of aryl methyl sites for hydroxylation is 1. The molecule has 0 radical (unpaired) electrons. The molecule has 1 aliphatic rings. The molecule has 3 rings (SSSR count). The number of pyridine rings is 1. The lowest BCUT2D eigenvalue weighted by Gasteiger charge is -2.31. The van der Waals surface area contributed by atoms with Crippen molar-refractivity contribution in [3.63, 3.8) is 0 Å². The van der Waals surface area contributed by atoms with Crippen molar-refractivity contribution in [3.8, 4) is 0 Å². The van der Waals surface area contributed by atoms with Crippen LogP contribution in [0, 0.1) is 6.92 Å². The topological polar surface area (TPSA) is 83.4 Å². The fraction of sp³-hybridized carbons (Fsp3) is 0.500. The molecule has 0 aromatic carbocycles. The summed E-state index contributed by atoms with van der Waals surface area (Å²) in [6.45, 7) is 5.12. The molecule has 0 atom stereocenters. The summed E-state index contributed by atoms with van der Waals surface area (Å²) < 4.78 is 28.7. The number of likely N-dealkylation sites (N-methyl/N-ethyl adjacent to an activating group) is 1. The van der Waals surface area contributed by atoms with Crippen molar-refractivity contribution < 1.29 is 8.42 Å². The van der Waals surface area contributed by atoms with Crippen LogP contribution in [0.25, 0.3) is 0 Å². The molecule has 1 fully saturated rings. The number of rotatable bonds is 5. The second-order valence-corrected chi connectivity index (χ2v) is 8.26. The molecule has 1 N–H and O–H groups in total. The normalized spacial score (nSPS) is 16.9. The molecule has 2 aromatic heterocycles. The summed E-state index contributed by atoms with van der Waals surface area (Å²) in [5.41, 5.74) is 2.17. The zero-order valence-corrected chi connectivity index (χ0v) is 15.6. The van der Waals surface area contributed by atoms with Gasteiger partial charge in [0.15, 0.2) is 0 Å². The number of anilines is 1. The molecule has 0 bridgehead atoms. The van der Waals surface area contributed by atoms with Gasteiger partial charge in [0.05, 0.1) is 6.20 Å². The molecule has 25 heavy (non-hydrogen) atoms. The highest BCUT2D eigenvalue weighted by molar-refractivity contribution is 7.89. The smallest absolute Gasteiger partial charge is 0.244 e. The maximum atomic E-state index is 12.7. The summed E-state index contributed by atoms with van der Waals surface area (Å²) in [5.74, 6) is 0.639. The van der Waals surface area contributed by atoms with Gasteiger partial charge in [-0.2, -0.15) is 9.40 Å². The predicted molar refractivity (Wildman–Crippen MR) is 95.8 cm³/mol. The lowest BCUT2D eigenvalue weighted by Crippen LogP contribution is -2.47. The van der Waals surface area contributed by atoms with E-state index in [1.54, 1.807) is 12.1 Å². The van der Waals surface area contributed by atoms with Gasteiger partial charge in [-0.15, -0.1) is 0 Å². The van der Waals surface area contributed by atoms with Crippen molar-refractivity contribution in [1.82, 2.24) is 24.0 Å². The zero-order chi connectivity index (χ0) is 18.0. The summed E-state index contributed by atoms with van der Waals surface area (Å²) in [6, 6.07) is 3.31. The number of nitrogens with one attached hydrogen (secondary N) is 1. The molecule has 9 heteroatoms. The van der Waals surface area contributed by atoms with Crippen LogP contribution in [-0.2, 0) is 23.6 Å². The molecular formula is C16H24N6O2S. The standard InChI is InChI=1S/C16H24N6O2S/c1-13-14(11-19-21(13)3)10-17-16-5-4-15(12-18-16)25(23,24)22-8-6-20(2)7-9-22/h4-5,11-12H,6-10H2,1-3H3,(H,17,18). The summed E-state index contributed by atoms with van der Waals surface area (Å²) in [7, 11) is 0.424. The monoisotopic (exact) mass is 364 g/mol. The van der Waals surface area contributed by atoms with Gasteiger partial charge in [0.1, 0.15) is 10.7 Å². The van der Waals surface area contributed by atoms with Gasteiger partial charge in [0, 0.05) is 57.2 Å². The molecular weight excluding hydrogens is 340 g/mol. The van der Waals surface area contributed by atoms with E-state index in [1.807, 2.05) is 31.9 Å². The van der Waals surface area contributed by atoms with E-state index in [0.29, 0.717) is 25.5 Å². The van der Waals surface area contributed by atoms with E-state index >= 15 is 0 Å². The first-order valence-electron chi connectivity index (χ1n) is 8.24. The molecule has 0 aliphatic carbocycles. The van der Waals surface area contributed by atoms with Crippen molar-refractivity contribution in [2.45, 2.75) is 18.4 Å². The molecule has 1 aliphatic heterocycles. The van der Waals surface area contributed by atoms with Gasteiger partial charge in [-0.05, 0) is 26.1 Å². The Balaban J connectivity index is 1.66. The first-order chi connectivity index (χ1) is 11.9. The van der Waals surface area contributed by atoms with Crippen molar-refractivity contribution in [1.29, 1.82) is 0 Å².